The van der Waals surface area contributed by atoms with Crippen molar-refractivity contribution in [2.24, 2.45) is 0 Å². The predicted octanol–water partition coefficient (Wildman–Crippen LogP) is 11.2. The first-order valence-electron chi connectivity index (χ1n) is 29.9. The van der Waals surface area contributed by atoms with Crippen LogP contribution < -0.4 is 28.4 Å². The van der Waals surface area contributed by atoms with Crippen molar-refractivity contribution in [3.05, 3.63) is 71.3 Å². The van der Waals surface area contributed by atoms with Crippen molar-refractivity contribution in [3.63, 3.8) is 0 Å². The lowest BCUT2D eigenvalue weighted by atomic mass is 10.0. The number of unbranched alkanes of at least 4 members (excludes halogenated alkanes) is 3. The van der Waals surface area contributed by atoms with Gasteiger partial charge < -0.3 is 60.9 Å². The number of pyridine rings is 2. The van der Waals surface area contributed by atoms with Crippen molar-refractivity contribution in [2.45, 2.75) is 164 Å². The lowest BCUT2D eigenvalue weighted by molar-refractivity contribution is -0.162. The molecule has 0 saturated heterocycles. The number of esters is 4. The van der Waals surface area contributed by atoms with Gasteiger partial charge in [0.05, 0.1) is 128 Å². The summed E-state index contributed by atoms with van der Waals surface area (Å²) >= 11 is 0. The quantitative estimate of drug-likeness (QED) is 0.0178. The van der Waals surface area contributed by atoms with Gasteiger partial charge in [-0.3, -0.25) is 43.8 Å². The Morgan fingerprint density at radius 2 is 0.744 bits per heavy atom. The number of hydrogen-bond donors (Lipinski definition) is 0. The van der Waals surface area contributed by atoms with Crippen LogP contribution in [0.15, 0.2) is 48.5 Å². The summed E-state index contributed by atoms with van der Waals surface area (Å²) in [5, 5.41) is 8.99. The van der Waals surface area contributed by atoms with Crippen molar-refractivity contribution in [3.8, 4) is 62.8 Å². The zero-order chi connectivity index (χ0) is 67.0. The highest BCUT2D eigenvalue weighted by atomic mass is 31.2. The van der Waals surface area contributed by atoms with Crippen LogP contribution in [0.25, 0.3) is 22.3 Å². The molecule has 4 aromatic rings. The van der Waals surface area contributed by atoms with Gasteiger partial charge >= 0.3 is 32.5 Å². The second-order valence-electron chi connectivity index (χ2n) is 25.2. The van der Waals surface area contributed by atoms with Gasteiger partial charge in [-0.05, 0) is 138 Å². The summed E-state index contributed by atoms with van der Waals surface area (Å²) in [6, 6.07) is 16.7. The average Bonchev–Trinajstić information content (AvgIpc) is 0.844. The molecule has 1 unspecified atom stereocenters. The molecule has 4 rings (SSSR count). The molecule has 0 bridgehead atoms. The third-order valence-corrected chi connectivity index (χ3v) is 13.7. The van der Waals surface area contributed by atoms with Gasteiger partial charge in [0.1, 0.15) is 56.9 Å². The van der Waals surface area contributed by atoms with Crippen LogP contribution in [0.3, 0.4) is 0 Å². The predicted molar refractivity (Wildman–Crippen MR) is 341 cm³/mol. The maximum atomic E-state index is 13.6. The van der Waals surface area contributed by atoms with Crippen LogP contribution in [-0.2, 0) is 77.9 Å². The largest absolute Gasteiger partial charge is 0.496 e. The summed E-state index contributed by atoms with van der Waals surface area (Å²) in [5.74, 6) is 0.633. The summed E-state index contributed by atoms with van der Waals surface area (Å²) in [6.07, 6.45) is 3.26. The lowest BCUT2D eigenvalue weighted by Crippen LogP contribution is -2.39. The molecule has 0 aliphatic rings. The zero-order valence-corrected chi connectivity index (χ0v) is 57.4. The molecule has 0 spiro atoms. The fourth-order valence-electron chi connectivity index (χ4n) is 9.42. The number of hydrogen-bond acceptors (Lipinski definition) is 23. The van der Waals surface area contributed by atoms with Crippen LogP contribution in [0, 0.1) is 11.3 Å². The molecule has 0 aliphatic carbocycles. The van der Waals surface area contributed by atoms with Crippen LogP contribution in [0.5, 0.6) is 34.5 Å². The Balaban J connectivity index is 2.00. The van der Waals surface area contributed by atoms with Gasteiger partial charge in [0.2, 0.25) is 0 Å². The molecule has 2 aromatic carbocycles. The number of nitriles is 1. The van der Waals surface area contributed by atoms with E-state index in [1.807, 2.05) is 24.3 Å². The number of carbonyl (C=O) groups excluding carboxylic acids is 4. The normalized spacial score (nSPS) is 12.3. The van der Waals surface area contributed by atoms with E-state index in [2.05, 4.69) is 11.0 Å². The van der Waals surface area contributed by atoms with Crippen molar-refractivity contribution in [1.82, 2.24) is 24.7 Å². The molecule has 0 fully saturated rings. The summed E-state index contributed by atoms with van der Waals surface area (Å²) in [7, 11) is 9.25. The van der Waals surface area contributed by atoms with Gasteiger partial charge in [0, 0.05) is 57.6 Å². The Kier molecular flexibility index (Phi) is 29.9. The minimum Gasteiger partial charge on any atom is -0.496 e. The molecule has 0 N–H and O–H groups in total. The van der Waals surface area contributed by atoms with E-state index in [1.54, 1.807) is 160 Å². The number of methoxy groups -OCH3 is 6. The van der Waals surface area contributed by atoms with Gasteiger partial charge in [-0.2, -0.15) is 5.26 Å². The number of nitrogens with zero attached hydrogens (tertiary/aromatic N) is 6. The Labute approximate surface area is 534 Å². The summed E-state index contributed by atoms with van der Waals surface area (Å²) < 4.78 is 75.3. The van der Waals surface area contributed by atoms with Gasteiger partial charge in [-0.25, -0.2) is 0 Å². The minimum atomic E-state index is -1.59. The summed E-state index contributed by atoms with van der Waals surface area (Å²) in [5.41, 5.74) is 1.50. The average molecular weight is 1280 g/mol. The fraction of sp³-hybridized carbons (Fsp3) is 0.591. The van der Waals surface area contributed by atoms with Crippen molar-refractivity contribution in [1.29, 1.82) is 5.26 Å². The van der Waals surface area contributed by atoms with E-state index in [0.29, 0.717) is 99.1 Å². The van der Waals surface area contributed by atoms with Crippen LogP contribution in [-0.4, -0.2) is 167 Å². The topological polar surface area (TPSA) is 248 Å². The third kappa shape index (κ3) is 27.3. The summed E-state index contributed by atoms with van der Waals surface area (Å²) in [4.78, 5) is 70.5. The molecule has 0 amide bonds. The first kappa shape index (κ1) is 75.6. The van der Waals surface area contributed by atoms with Crippen LogP contribution >= 0.6 is 8.60 Å². The Hall–Kier alpha value is -6.90. The molecule has 2 heterocycles. The van der Waals surface area contributed by atoms with Crippen LogP contribution in [0.1, 0.15) is 138 Å². The molecular weight excluding hydrogens is 1180 g/mol. The lowest BCUT2D eigenvalue weighted by Gasteiger charge is -2.27. The Morgan fingerprint density at radius 3 is 1.03 bits per heavy atom. The Morgan fingerprint density at radius 1 is 0.433 bits per heavy atom. The molecule has 2 aromatic heterocycles. The number of aromatic nitrogens is 2. The molecule has 24 heteroatoms. The monoisotopic (exact) mass is 1280 g/mol. The number of benzene rings is 2. The van der Waals surface area contributed by atoms with Crippen molar-refractivity contribution >= 4 is 32.5 Å². The standard InChI is InChI=1S/C66H97N6O17P/c1-63(2,3)86-57(73)41-71(42-58(74)87-64(4,5)6)39-49-31-45(61-53(79-15)33-51(77-13)34-54(61)80-16)29-47(68-49)37-70(26-22-20-21-23-27-84-90(83-19)85-28-24-25-67)38-48-30-46(62-55(81-17)35-52(78-14)36-56(62)82-18)32-50(69-48)40-72(43-59(75)88-65(7,8)9)44-60(76)89-66(10,11)12/h29-36H,20-24,26-28,37-44H2,1-19H3. The van der Waals surface area contributed by atoms with E-state index in [4.69, 9.17) is 76.2 Å². The highest BCUT2D eigenvalue weighted by Gasteiger charge is 2.29. The summed E-state index contributed by atoms with van der Waals surface area (Å²) in [6.45, 7) is 21.9. The molecular formula is C66H97N6O17P. The third-order valence-electron chi connectivity index (χ3n) is 12.6. The second kappa shape index (κ2) is 35.6. The maximum absolute atomic E-state index is 13.6. The highest BCUT2D eigenvalue weighted by Crippen LogP contribution is 2.44. The van der Waals surface area contributed by atoms with Gasteiger partial charge in [0.15, 0.2) is 0 Å². The molecule has 498 valence electrons. The molecule has 0 radical (unpaired) electrons. The molecule has 0 saturated carbocycles. The first-order chi connectivity index (χ1) is 42.3. The van der Waals surface area contributed by atoms with Gasteiger partial charge in [0.25, 0.3) is 0 Å². The van der Waals surface area contributed by atoms with E-state index in [-0.39, 0.29) is 65.4 Å². The number of ether oxygens (including phenoxy) is 10. The maximum Gasteiger partial charge on any atom is 0.332 e. The fourth-order valence-corrected chi connectivity index (χ4v) is 10.2. The van der Waals surface area contributed by atoms with Gasteiger partial charge in [-0.1, -0.05) is 12.8 Å². The molecule has 23 nitrogen and oxygen atoms in total. The highest BCUT2D eigenvalue weighted by molar-refractivity contribution is 7.41. The van der Waals surface area contributed by atoms with E-state index in [0.717, 1.165) is 19.3 Å². The molecule has 0 aliphatic heterocycles. The van der Waals surface area contributed by atoms with E-state index in [9.17, 15) is 19.2 Å². The van der Waals surface area contributed by atoms with E-state index >= 15 is 0 Å². The molecule has 90 heavy (non-hydrogen) atoms. The van der Waals surface area contributed by atoms with Crippen LogP contribution in [0.2, 0.25) is 0 Å². The Bertz CT molecular complexity index is 2730. The van der Waals surface area contributed by atoms with E-state index < -0.39 is 54.9 Å². The van der Waals surface area contributed by atoms with Crippen molar-refractivity contribution in [2.75, 3.05) is 95.7 Å². The molecule has 1 atom stereocenters. The minimum absolute atomic E-state index is 0.0123. The second-order valence-corrected chi connectivity index (χ2v) is 26.6. The first-order valence-corrected chi connectivity index (χ1v) is 31.0. The van der Waals surface area contributed by atoms with Crippen molar-refractivity contribution < 1.29 is 80.1 Å². The van der Waals surface area contributed by atoms with E-state index in [1.165, 1.54) is 7.11 Å². The number of carbonyl (C=O) groups is 4. The zero-order valence-electron chi connectivity index (χ0n) is 56.5. The van der Waals surface area contributed by atoms with Crippen LogP contribution in [0.4, 0.5) is 0 Å². The van der Waals surface area contributed by atoms with Gasteiger partial charge in [-0.15, -0.1) is 0 Å². The SMILES string of the molecule is COc1cc(OC)c(-c2cc(CN(CC(=O)OC(C)(C)C)CC(=O)OC(C)(C)C)nc(CN(CCCCCCOP(OC)OCCC#N)Cc3cc(-c4c(OC)cc(OC)cc4OC)cc(CN(CC(=O)OC(C)(C)C)CC(=O)OC(C)(C)C)n3)c2)c(OC)c1. The number of rotatable bonds is 36. The smallest absolute Gasteiger partial charge is 0.332 e.